The average Bonchev–Trinajstić information content (AvgIpc) is 2.89. The lowest BCUT2D eigenvalue weighted by Gasteiger charge is -1.81. The van der Waals surface area contributed by atoms with Gasteiger partial charge in [0.15, 0.2) is 0 Å². The maximum atomic E-state index is 10.0. The largest absolute Gasteiger partial charge is 0.466 e. The molecule has 0 aromatic heterocycles. The highest BCUT2D eigenvalue weighted by molar-refractivity contribution is 5.70. The first-order valence-corrected chi connectivity index (χ1v) is 7.59. The van der Waals surface area contributed by atoms with Gasteiger partial charge >= 0.3 is 5.97 Å². The summed E-state index contributed by atoms with van der Waals surface area (Å²) in [6.45, 7) is 15.6. The topological polar surface area (TPSA) is 35.5 Å². The van der Waals surface area contributed by atoms with Crippen molar-refractivity contribution in [1.82, 2.24) is 0 Å². The summed E-state index contributed by atoms with van der Waals surface area (Å²) in [6.07, 6.45) is 4.10. The van der Waals surface area contributed by atoms with Crippen molar-refractivity contribution >= 4 is 5.97 Å². The highest BCUT2D eigenvalue weighted by Crippen LogP contribution is 2.01. The smallest absolute Gasteiger partial charge is 0.305 e. The van der Waals surface area contributed by atoms with E-state index in [-0.39, 0.29) is 5.97 Å². The Kier molecular flexibility index (Phi) is 16.9. The Bertz CT molecular complexity index is 157. The van der Waals surface area contributed by atoms with E-state index in [9.17, 15) is 4.79 Å². The highest BCUT2D eigenvalue weighted by atomic mass is 16.5. The first kappa shape index (κ1) is 20.7. The van der Waals surface area contributed by atoms with Crippen LogP contribution in [-0.4, -0.2) is 25.8 Å². The number of carbonyl (C=O) groups excluding carboxylic acids is 1. The molecule has 0 unspecified atom stereocenters. The van der Waals surface area contributed by atoms with Gasteiger partial charge in [0, 0.05) is 19.6 Å². The Morgan fingerprint density at radius 3 is 1.32 bits per heavy atom. The van der Waals surface area contributed by atoms with Gasteiger partial charge in [0.25, 0.3) is 0 Å². The van der Waals surface area contributed by atoms with E-state index < -0.39 is 0 Å². The van der Waals surface area contributed by atoms with Crippen LogP contribution in [0.5, 0.6) is 0 Å². The van der Waals surface area contributed by atoms with Gasteiger partial charge in [-0.2, -0.15) is 0 Å². The van der Waals surface area contributed by atoms with Crippen LogP contribution in [0, 0.1) is 11.8 Å². The van der Waals surface area contributed by atoms with E-state index in [0.29, 0.717) is 13.0 Å². The van der Waals surface area contributed by atoms with Crippen LogP contribution >= 0.6 is 0 Å². The van der Waals surface area contributed by atoms with Crippen LogP contribution in [0.15, 0.2) is 0 Å². The van der Waals surface area contributed by atoms with Crippen LogP contribution in [0.3, 0.4) is 0 Å². The van der Waals surface area contributed by atoms with Gasteiger partial charge < -0.3 is 9.47 Å². The van der Waals surface area contributed by atoms with E-state index in [2.05, 4.69) is 46.3 Å². The predicted molar refractivity (Wildman–Crippen MR) is 81.3 cm³/mol. The maximum Gasteiger partial charge on any atom is 0.305 e. The van der Waals surface area contributed by atoms with Crippen LogP contribution < -0.4 is 0 Å². The standard InChI is InChI=1S/C4H6O2.C4H8O.2C4H10/c5-4-2-1-3-6-4;1-2-4-5-3-1;2*1-4(2)3/h1-3H2;1-4H2;2*4H,1-3H3. The summed E-state index contributed by atoms with van der Waals surface area (Å²) in [7, 11) is 0. The lowest BCUT2D eigenvalue weighted by Crippen LogP contribution is -1.88. The van der Waals surface area contributed by atoms with Crippen molar-refractivity contribution in [3.63, 3.8) is 0 Å². The summed E-state index contributed by atoms with van der Waals surface area (Å²) < 4.78 is 9.46. The molecule has 0 N–H and O–H groups in total. The second-order valence-electron chi connectivity index (χ2n) is 6.11. The molecule has 0 aromatic carbocycles. The lowest BCUT2D eigenvalue weighted by atomic mass is 10.3. The third-order valence-electron chi connectivity index (χ3n) is 1.62. The van der Waals surface area contributed by atoms with E-state index >= 15 is 0 Å². The molecule has 0 aromatic rings. The van der Waals surface area contributed by atoms with Gasteiger partial charge in [-0.3, -0.25) is 4.79 Å². The normalized spacial score (nSPS) is 16.7. The Morgan fingerprint density at radius 2 is 1.21 bits per heavy atom. The molecule has 0 atom stereocenters. The van der Waals surface area contributed by atoms with E-state index in [4.69, 9.17) is 4.74 Å². The van der Waals surface area contributed by atoms with Gasteiger partial charge in [0.2, 0.25) is 0 Å². The molecular weight excluding hydrogens is 240 g/mol. The van der Waals surface area contributed by atoms with Crippen molar-refractivity contribution in [1.29, 1.82) is 0 Å². The molecule has 2 aliphatic rings. The van der Waals surface area contributed by atoms with Crippen molar-refractivity contribution in [2.45, 2.75) is 67.2 Å². The van der Waals surface area contributed by atoms with Gasteiger partial charge in [-0.05, 0) is 31.1 Å². The van der Waals surface area contributed by atoms with Crippen molar-refractivity contribution in [2.24, 2.45) is 11.8 Å². The zero-order chi connectivity index (χ0) is 15.1. The summed E-state index contributed by atoms with van der Waals surface area (Å²) in [4.78, 5) is 10.0. The van der Waals surface area contributed by atoms with E-state index in [1.807, 2.05) is 0 Å². The SMILES string of the molecule is C1CCOC1.CC(C)C.CC(C)C.O=C1CCCO1. The quantitative estimate of drug-likeness (QED) is 0.612. The number of hydrogen-bond acceptors (Lipinski definition) is 3. The second-order valence-corrected chi connectivity index (χ2v) is 6.11. The number of esters is 1. The van der Waals surface area contributed by atoms with Crippen LogP contribution in [0.2, 0.25) is 0 Å². The summed E-state index contributed by atoms with van der Waals surface area (Å²) in [6, 6.07) is 0. The predicted octanol–water partition coefficient (Wildman–Crippen LogP) is 4.44. The Labute approximate surface area is 120 Å². The summed E-state index contributed by atoms with van der Waals surface area (Å²) in [5.74, 6) is 1.62. The zero-order valence-corrected chi connectivity index (χ0v) is 13.8. The number of rotatable bonds is 0. The molecule has 2 saturated heterocycles. The highest BCUT2D eigenvalue weighted by Gasteiger charge is 2.08. The van der Waals surface area contributed by atoms with Gasteiger partial charge in [-0.25, -0.2) is 0 Å². The lowest BCUT2D eigenvalue weighted by molar-refractivity contribution is -0.137. The first-order chi connectivity index (χ1) is 8.86. The summed E-state index contributed by atoms with van der Waals surface area (Å²) in [5, 5.41) is 0. The molecule has 3 nitrogen and oxygen atoms in total. The number of carbonyl (C=O) groups is 1. The molecule has 2 fully saturated rings. The van der Waals surface area contributed by atoms with Crippen molar-refractivity contribution in [3.8, 4) is 0 Å². The maximum absolute atomic E-state index is 10.0. The summed E-state index contributed by atoms with van der Waals surface area (Å²) >= 11 is 0. The molecule has 2 rings (SSSR count). The molecule has 0 bridgehead atoms. The van der Waals surface area contributed by atoms with E-state index in [1.54, 1.807) is 0 Å². The molecule has 0 amide bonds. The monoisotopic (exact) mass is 274 g/mol. The average molecular weight is 274 g/mol. The van der Waals surface area contributed by atoms with E-state index in [1.165, 1.54) is 12.8 Å². The fourth-order valence-electron chi connectivity index (χ4n) is 0.985. The molecule has 0 aliphatic carbocycles. The Hall–Kier alpha value is -0.570. The third kappa shape index (κ3) is 31.8. The number of hydrogen-bond donors (Lipinski definition) is 0. The molecule has 3 heteroatoms. The minimum absolute atomic E-state index is 0.0463. The van der Waals surface area contributed by atoms with Crippen LogP contribution in [0.25, 0.3) is 0 Å². The van der Waals surface area contributed by atoms with E-state index in [0.717, 1.165) is 31.5 Å². The third-order valence-corrected chi connectivity index (χ3v) is 1.62. The molecule has 116 valence electrons. The van der Waals surface area contributed by atoms with Crippen molar-refractivity contribution < 1.29 is 14.3 Å². The number of cyclic esters (lactones) is 1. The van der Waals surface area contributed by atoms with Gasteiger partial charge in [0.1, 0.15) is 0 Å². The van der Waals surface area contributed by atoms with Crippen LogP contribution in [0.1, 0.15) is 67.2 Å². The Morgan fingerprint density at radius 1 is 0.789 bits per heavy atom. The summed E-state index contributed by atoms with van der Waals surface area (Å²) in [5.41, 5.74) is 0. The molecule has 0 saturated carbocycles. The van der Waals surface area contributed by atoms with Crippen molar-refractivity contribution in [3.05, 3.63) is 0 Å². The van der Waals surface area contributed by atoms with Gasteiger partial charge in [-0.1, -0.05) is 41.5 Å². The van der Waals surface area contributed by atoms with Crippen molar-refractivity contribution in [2.75, 3.05) is 19.8 Å². The van der Waals surface area contributed by atoms with Crippen LogP contribution in [0.4, 0.5) is 0 Å². The molecule has 0 radical (unpaired) electrons. The minimum atomic E-state index is -0.0463. The molecule has 19 heavy (non-hydrogen) atoms. The zero-order valence-electron chi connectivity index (χ0n) is 13.8. The minimum Gasteiger partial charge on any atom is -0.466 e. The number of ether oxygens (including phenoxy) is 2. The first-order valence-electron chi connectivity index (χ1n) is 7.59. The van der Waals surface area contributed by atoms with Gasteiger partial charge in [0.05, 0.1) is 6.61 Å². The van der Waals surface area contributed by atoms with Gasteiger partial charge in [-0.15, -0.1) is 0 Å². The molecule has 0 spiro atoms. The second kappa shape index (κ2) is 15.5. The molecule has 2 aliphatic heterocycles. The fraction of sp³-hybridized carbons (Fsp3) is 0.938. The van der Waals surface area contributed by atoms with Crippen LogP contribution in [-0.2, 0) is 14.3 Å². The molecular formula is C16H34O3. The fourth-order valence-corrected chi connectivity index (χ4v) is 0.985. The molecule has 2 heterocycles. The Balaban J connectivity index is 0.